The van der Waals surface area contributed by atoms with E-state index in [4.69, 9.17) is 14.8 Å². The number of carbonyl (C=O) groups is 2. The molecule has 0 N–H and O–H groups in total. The second-order valence-electron chi connectivity index (χ2n) is 7.13. The minimum Gasteiger partial charge on any atom is -0.441 e. The Balaban J connectivity index is 1.62. The number of hydroxylamine groups is 2. The van der Waals surface area contributed by atoms with Crippen LogP contribution in [0.4, 0.5) is 25.4 Å². The molecule has 14 heteroatoms. The number of nitrogens with zero attached hydrogens (tertiary/aromatic N) is 5. The Kier molecular flexibility index (Phi) is 7.44. The molecule has 0 aliphatic carbocycles. The fourth-order valence-corrected chi connectivity index (χ4v) is 4.49. The van der Waals surface area contributed by atoms with Crippen molar-refractivity contribution in [2.24, 2.45) is 0 Å². The second kappa shape index (κ2) is 9.90. The predicted octanol–water partition coefficient (Wildman–Crippen LogP) is 1.04. The van der Waals surface area contributed by atoms with Gasteiger partial charge in [-0.2, -0.15) is 9.57 Å². The van der Waals surface area contributed by atoms with E-state index >= 15 is 0 Å². The minimum atomic E-state index is -3.64. The van der Waals surface area contributed by atoms with Crippen LogP contribution in [0.25, 0.3) is 0 Å². The average molecular weight is 488 g/mol. The number of rotatable bonds is 7. The number of cyclic esters (lactones) is 1. The molecule has 1 aromatic rings. The van der Waals surface area contributed by atoms with Crippen molar-refractivity contribution in [2.45, 2.75) is 6.10 Å². The van der Waals surface area contributed by atoms with Gasteiger partial charge < -0.3 is 9.64 Å². The van der Waals surface area contributed by atoms with Gasteiger partial charge in [0.2, 0.25) is 10.0 Å². The Morgan fingerprint density at radius 1 is 1.38 bits per heavy atom. The van der Waals surface area contributed by atoms with Gasteiger partial charge in [-0.1, -0.05) is 12.6 Å². The third-order valence-electron chi connectivity index (χ3n) is 5.06. The molecule has 0 aromatic heterocycles. The third kappa shape index (κ3) is 5.41. The van der Waals surface area contributed by atoms with Crippen LogP contribution in [0.15, 0.2) is 18.2 Å². The first-order valence-corrected chi connectivity index (χ1v) is 11.6. The van der Waals surface area contributed by atoms with E-state index in [2.05, 4.69) is 12.6 Å². The average Bonchev–Trinajstić information content (AvgIpc) is 3.12. The van der Waals surface area contributed by atoms with Crippen LogP contribution in [-0.2, 0) is 19.6 Å². The Morgan fingerprint density at radius 2 is 2.06 bits per heavy atom. The van der Waals surface area contributed by atoms with E-state index in [0.717, 1.165) is 5.06 Å². The van der Waals surface area contributed by atoms with Crippen LogP contribution < -0.4 is 9.80 Å². The van der Waals surface area contributed by atoms with Gasteiger partial charge in [0.1, 0.15) is 18.5 Å². The fraction of sp³-hybridized carbons (Fsp3) is 0.500. The molecule has 2 fully saturated rings. The summed E-state index contributed by atoms with van der Waals surface area (Å²) in [6.45, 7) is 0.877. The summed E-state index contributed by atoms with van der Waals surface area (Å²) in [4.78, 5) is 31.3. The Bertz CT molecular complexity index is 1030. The van der Waals surface area contributed by atoms with Crippen LogP contribution in [-0.4, -0.2) is 87.4 Å². The van der Waals surface area contributed by atoms with Crippen LogP contribution in [0.3, 0.4) is 0 Å². The molecule has 2 amide bonds. The zero-order valence-electron chi connectivity index (χ0n) is 17.2. The van der Waals surface area contributed by atoms with E-state index in [1.165, 1.54) is 28.4 Å². The molecule has 1 atom stereocenters. The summed E-state index contributed by atoms with van der Waals surface area (Å²) < 4.78 is 45.2. The molecule has 3 rings (SSSR count). The number of hydrogen-bond donors (Lipinski definition) is 1. The van der Waals surface area contributed by atoms with E-state index in [0.29, 0.717) is 5.69 Å². The maximum absolute atomic E-state index is 14.8. The van der Waals surface area contributed by atoms with Gasteiger partial charge in [-0.25, -0.2) is 22.7 Å². The topological polar surface area (TPSA) is 123 Å². The van der Waals surface area contributed by atoms with Gasteiger partial charge in [0.25, 0.3) is 0 Å². The number of anilines is 2. The summed E-state index contributed by atoms with van der Waals surface area (Å²) in [6, 6.07) is 5.95. The molecule has 2 heterocycles. The van der Waals surface area contributed by atoms with Crippen molar-refractivity contribution in [3.8, 4) is 6.07 Å². The van der Waals surface area contributed by atoms with Crippen molar-refractivity contribution in [1.29, 1.82) is 5.26 Å². The molecule has 2 aliphatic rings. The van der Waals surface area contributed by atoms with Crippen LogP contribution >= 0.6 is 12.6 Å². The lowest BCUT2D eigenvalue weighted by molar-refractivity contribution is -0.113. The molecule has 2 aliphatic heterocycles. The summed E-state index contributed by atoms with van der Waals surface area (Å²) in [5.41, 5.74) is 0.583. The standard InChI is InChI=1S/C18H22FN5O6S2/c1-21(18(26)31)29-12-14-11-24(17(25)30-14)13-2-3-16(15(19)10-13)22-5-7-23(8-6-22)32(27,28)9-4-20/h2-3,10,14H,5-9,11-12H2,1H3,(H,26,31)/t14-/m0/s1. The summed E-state index contributed by atoms with van der Waals surface area (Å²) in [5.74, 6) is -1.15. The largest absolute Gasteiger partial charge is 0.441 e. The Labute approximate surface area is 190 Å². The van der Waals surface area contributed by atoms with Crippen molar-refractivity contribution >= 4 is 45.4 Å². The quantitative estimate of drug-likeness (QED) is 0.447. The molecule has 0 bridgehead atoms. The zero-order valence-corrected chi connectivity index (χ0v) is 18.9. The fourth-order valence-electron chi connectivity index (χ4n) is 3.37. The number of hydrogen-bond acceptors (Lipinski definition) is 8. The van der Waals surface area contributed by atoms with Crippen molar-refractivity contribution in [3.63, 3.8) is 0 Å². The van der Waals surface area contributed by atoms with Gasteiger partial charge in [0.05, 0.1) is 24.0 Å². The van der Waals surface area contributed by atoms with Crippen LogP contribution in [0.2, 0.25) is 0 Å². The molecule has 2 saturated heterocycles. The maximum atomic E-state index is 14.8. The summed E-state index contributed by atoms with van der Waals surface area (Å²) in [5, 5.41) is 8.95. The van der Waals surface area contributed by atoms with Gasteiger partial charge in [0.15, 0.2) is 5.75 Å². The van der Waals surface area contributed by atoms with Crippen LogP contribution in [0, 0.1) is 17.1 Å². The van der Waals surface area contributed by atoms with Gasteiger partial charge in [-0.15, -0.1) is 0 Å². The van der Waals surface area contributed by atoms with Gasteiger partial charge in [0, 0.05) is 33.2 Å². The lowest BCUT2D eigenvalue weighted by Crippen LogP contribution is -2.49. The SMILES string of the molecule is CN(OC[C@@H]1CN(c2ccc(N3CCN(S(=O)(=O)CC#N)CC3)c(F)c2)C(=O)O1)C(=O)S. The Hall–Kier alpha value is -2.60. The highest BCUT2D eigenvalue weighted by atomic mass is 32.2. The highest BCUT2D eigenvalue weighted by Gasteiger charge is 2.34. The van der Waals surface area contributed by atoms with Crippen molar-refractivity contribution in [2.75, 3.05) is 61.9 Å². The van der Waals surface area contributed by atoms with E-state index < -0.39 is 39.0 Å². The van der Waals surface area contributed by atoms with Crippen molar-refractivity contribution in [3.05, 3.63) is 24.0 Å². The number of sulfonamides is 1. The first kappa shape index (κ1) is 24.1. The lowest BCUT2D eigenvalue weighted by atomic mass is 10.2. The molecule has 1 aromatic carbocycles. The van der Waals surface area contributed by atoms with Crippen molar-refractivity contribution in [1.82, 2.24) is 9.37 Å². The van der Waals surface area contributed by atoms with Crippen LogP contribution in [0.5, 0.6) is 0 Å². The highest BCUT2D eigenvalue weighted by Crippen LogP contribution is 2.29. The number of thiol groups is 1. The third-order valence-corrected chi connectivity index (χ3v) is 6.99. The molecular formula is C18H22FN5O6S2. The molecule has 0 unspecified atom stereocenters. The molecule has 0 spiro atoms. The number of benzene rings is 1. The summed E-state index contributed by atoms with van der Waals surface area (Å²) in [7, 11) is -2.26. The number of halogens is 1. The molecule has 32 heavy (non-hydrogen) atoms. The molecule has 0 radical (unpaired) electrons. The van der Waals surface area contributed by atoms with E-state index in [1.54, 1.807) is 17.0 Å². The van der Waals surface area contributed by atoms with E-state index in [-0.39, 0.29) is 45.0 Å². The van der Waals surface area contributed by atoms with Gasteiger partial charge in [-0.3, -0.25) is 14.5 Å². The molecular weight excluding hydrogens is 465 g/mol. The number of piperazine rings is 1. The number of nitriles is 1. The van der Waals surface area contributed by atoms with Crippen LogP contribution in [0.1, 0.15) is 0 Å². The number of ether oxygens (including phenoxy) is 1. The summed E-state index contributed by atoms with van der Waals surface area (Å²) >= 11 is 3.61. The van der Waals surface area contributed by atoms with E-state index in [1.807, 2.05) is 0 Å². The van der Waals surface area contributed by atoms with E-state index in [9.17, 15) is 22.4 Å². The normalized spacial score (nSPS) is 19.6. The van der Waals surface area contributed by atoms with Crippen molar-refractivity contribution < 1.29 is 32.0 Å². The second-order valence-corrected chi connectivity index (χ2v) is 9.48. The highest BCUT2D eigenvalue weighted by molar-refractivity contribution is 7.96. The zero-order chi connectivity index (χ0) is 23.5. The first-order valence-electron chi connectivity index (χ1n) is 9.59. The van der Waals surface area contributed by atoms with Gasteiger partial charge >= 0.3 is 11.3 Å². The summed E-state index contributed by atoms with van der Waals surface area (Å²) in [6.07, 6.45) is -1.31. The number of amides is 2. The molecule has 0 saturated carbocycles. The van der Waals surface area contributed by atoms with Gasteiger partial charge in [-0.05, 0) is 18.2 Å². The molecule has 174 valence electrons. The lowest BCUT2D eigenvalue weighted by Gasteiger charge is -2.35. The minimum absolute atomic E-state index is 0.0649. The number of carbonyl (C=O) groups excluding carboxylic acids is 2. The monoisotopic (exact) mass is 487 g/mol. The smallest absolute Gasteiger partial charge is 0.414 e. The molecule has 11 nitrogen and oxygen atoms in total. The maximum Gasteiger partial charge on any atom is 0.414 e. The first-order chi connectivity index (χ1) is 15.1. The predicted molar refractivity (Wildman–Crippen MR) is 115 cm³/mol. The Morgan fingerprint density at radius 3 is 2.66 bits per heavy atom.